The largest absolute Gasteiger partial charge is 0.320 e. The van der Waals surface area contributed by atoms with Crippen LogP contribution in [0, 0.1) is 6.92 Å². The van der Waals surface area contributed by atoms with Crippen molar-refractivity contribution in [3.63, 3.8) is 0 Å². The Labute approximate surface area is 95.2 Å². The number of amides is 2. The number of carbonyl (C=O) groups excluding carboxylic acids is 1. The van der Waals surface area contributed by atoms with Crippen LogP contribution in [0.25, 0.3) is 0 Å². The van der Waals surface area contributed by atoms with Crippen molar-refractivity contribution in [2.75, 3.05) is 5.32 Å². The molecule has 1 aromatic carbocycles. The van der Waals surface area contributed by atoms with Crippen LogP contribution in [0.2, 0.25) is 0 Å². The second-order valence-electron chi connectivity index (χ2n) is 4.53. The van der Waals surface area contributed by atoms with Crippen molar-refractivity contribution in [1.29, 1.82) is 0 Å². The van der Waals surface area contributed by atoms with Crippen molar-refractivity contribution in [3.8, 4) is 0 Å². The lowest BCUT2D eigenvalue weighted by Gasteiger charge is -2.27. The molecule has 1 atom stereocenters. The number of hydrogen-bond donors (Lipinski definition) is 3. The highest BCUT2D eigenvalue weighted by molar-refractivity contribution is 5.94. The van der Waals surface area contributed by atoms with E-state index in [-0.39, 0.29) is 6.03 Å². The highest BCUT2D eigenvalue weighted by Gasteiger charge is 2.23. The summed E-state index contributed by atoms with van der Waals surface area (Å²) in [7, 11) is 0. The average Bonchev–Trinajstić information content (AvgIpc) is 2.19. The van der Waals surface area contributed by atoms with E-state index in [1.807, 2.05) is 6.92 Å². The molecule has 0 saturated carbocycles. The molecule has 4 N–H and O–H groups in total. The number of fused-ring (bicyclic) bond motifs is 1. The number of benzene rings is 1. The first-order valence-corrected chi connectivity index (χ1v) is 5.46. The fourth-order valence-electron chi connectivity index (χ4n) is 1.96. The van der Waals surface area contributed by atoms with Gasteiger partial charge in [0.15, 0.2) is 0 Å². The molecule has 1 aliphatic rings. The Morgan fingerprint density at radius 1 is 1.38 bits per heavy atom. The van der Waals surface area contributed by atoms with Crippen molar-refractivity contribution in [2.24, 2.45) is 5.73 Å². The Kier molecular flexibility index (Phi) is 2.59. The number of nitrogens with two attached hydrogens (primary N) is 1. The van der Waals surface area contributed by atoms with Crippen LogP contribution in [0.3, 0.4) is 0 Å². The van der Waals surface area contributed by atoms with Crippen LogP contribution in [0.15, 0.2) is 12.1 Å². The van der Waals surface area contributed by atoms with Gasteiger partial charge in [0.2, 0.25) is 0 Å². The molecule has 2 rings (SSSR count). The zero-order valence-electron chi connectivity index (χ0n) is 9.79. The molecule has 1 heterocycles. The maximum absolute atomic E-state index is 11.3. The van der Waals surface area contributed by atoms with Crippen molar-refractivity contribution in [2.45, 2.75) is 32.9 Å². The zero-order chi connectivity index (χ0) is 11.9. The number of urea groups is 1. The van der Waals surface area contributed by atoms with Crippen LogP contribution in [-0.4, -0.2) is 6.03 Å². The van der Waals surface area contributed by atoms with E-state index in [4.69, 9.17) is 5.73 Å². The van der Waals surface area contributed by atoms with Crippen molar-refractivity contribution < 1.29 is 4.79 Å². The predicted octanol–water partition coefficient (Wildman–Crippen LogP) is 2.21. The molecule has 1 aromatic rings. The van der Waals surface area contributed by atoms with Gasteiger partial charge in [-0.05, 0) is 24.0 Å². The number of anilines is 1. The van der Waals surface area contributed by atoms with Gasteiger partial charge in [-0.3, -0.25) is 0 Å². The average molecular weight is 219 g/mol. The zero-order valence-corrected chi connectivity index (χ0v) is 9.79. The van der Waals surface area contributed by atoms with Gasteiger partial charge in [0.25, 0.3) is 0 Å². The lowest BCUT2D eigenvalue weighted by atomic mass is 9.94. The molecule has 2 amide bonds. The number of aryl methyl sites for hydroxylation is 1. The lowest BCUT2D eigenvalue weighted by Crippen LogP contribution is -2.42. The first-order chi connectivity index (χ1) is 7.49. The van der Waals surface area contributed by atoms with Gasteiger partial charge in [0.05, 0.1) is 5.69 Å². The third-order valence-corrected chi connectivity index (χ3v) is 2.92. The molecule has 1 aliphatic heterocycles. The summed E-state index contributed by atoms with van der Waals surface area (Å²) >= 11 is 0. The lowest BCUT2D eigenvalue weighted by molar-refractivity contribution is 0.247. The maximum atomic E-state index is 11.3. The Bertz CT molecular complexity index is 440. The maximum Gasteiger partial charge on any atom is 0.320 e. The minimum atomic E-state index is -0.416. The summed E-state index contributed by atoms with van der Waals surface area (Å²) in [6.07, 6.45) is -0.416. The molecule has 0 bridgehead atoms. The molecule has 4 nitrogen and oxygen atoms in total. The van der Waals surface area contributed by atoms with E-state index in [2.05, 4.69) is 36.6 Å². The highest BCUT2D eigenvalue weighted by atomic mass is 16.2. The molecule has 0 fully saturated rings. The van der Waals surface area contributed by atoms with E-state index >= 15 is 0 Å². The van der Waals surface area contributed by atoms with Crippen LogP contribution < -0.4 is 16.4 Å². The Morgan fingerprint density at radius 2 is 2.06 bits per heavy atom. The summed E-state index contributed by atoms with van der Waals surface area (Å²) < 4.78 is 0. The molecule has 0 spiro atoms. The predicted molar refractivity (Wildman–Crippen MR) is 64.4 cm³/mol. The first-order valence-electron chi connectivity index (χ1n) is 5.46. The fraction of sp³-hybridized carbons (Fsp3) is 0.417. The number of hydrogen-bond acceptors (Lipinski definition) is 2. The smallest absolute Gasteiger partial charge is 0.318 e. The van der Waals surface area contributed by atoms with Gasteiger partial charge >= 0.3 is 6.03 Å². The molecule has 1 unspecified atom stereocenters. The third kappa shape index (κ3) is 1.76. The van der Waals surface area contributed by atoms with Crippen LogP contribution >= 0.6 is 0 Å². The molecular formula is C12H17N3O. The standard InChI is InChI=1S/C12H17N3O/c1-6(2)8-4-7(3)10-9(5-8)11(13)15-12(16)14-10/h4-6,11H,13H2,1-3H3,(H2,14,15,16). The van der Waals surface area contributed by atoms with E-state index < -0.39 is 6.17 Å². The summed E-state index contributed by atoms with van der Waals surface area (Å²) in [4.78, 5) is 11.3. The highest BCUT2D eigenvalue weighted by Crippen LogP contribution is 2.31. The van der Waals surface area contributed by atoms with Crippen molar-refractivity contribution in [3.05, 3.63) is 28.8 Å². The third-order valence-electron chi connectivity index (χ3n) is 2.92. The molecule has 4 heteroatoms. The van der Waals surface area contributed by atoms with Gasteiger partial charge in [0.1, 0.15) is 6.17 Å². The molecule has 86 valence electrons. The second-order valence-corrected chi connectivity index (χ2v) is 4.53. The van der Waals surface area contributed by atoms with Crippen LogP contribution in [-0.2, 0) is 0 Å². The molecule has 0 radical (unpaired) electrons. The summed E-state index contributed by atoms with van der Waals surface area (Å²) in [6.45, 7) is 6.27. The SMILES string of the molecule is Cc1cc(C(C)C)cc2c1NC(=O)NC2N. The van der Waals surface area contributed by atoms with E-state index in [0.717, 1.165) is 16.8 Å². The quantitative estimate of drug-likeness (QED) is 0.678. The Morgan fingerprint density at radius 3 is 2.69 bits per heavy atom. The minimum Gasteiger partial charge on any atom is -0.318 e. The van der Waals surface area contributed by atoms with E-state index in [1.165, 1.54) is 5.56 Å². The van der Waals surface area contributed by atoms with Crippen molar-refractivity contribution >= 4 is 11.7 Å². The summed E-state index contributed by atoms with van der Waals surface area (Å²) in [5.74, 6) is 0.453. The summed E-state index contributed by atoms with van der Waals surface area (Å²) in [5.41, 5.74) is 10.0. The molecule has 16 heavy (non-hydrogen) atoms. The number of nitrogens with one attached hydrogen (secondary N) is 2. The van der Waals surface area contributed by atoms with Crippen LogP contribution in [0.1, 0.15) is 42.6 Å². The number of rotatable bonds is 1. The molecule has 0 saturated heterocycles. The van der Waals surface area contributed by atoms with Gasteiger partial charge in [-0.1, -0.05) is 26.0 Å². The normalized spacial score (nSPS) is 19.1. The van der Waals surface area contributed by atoms with Gasteiger partial charge in [-0.25, -0.2) is 4.79 Å². The van der Waals surface area contributed by atoms with Crippen molar-refractivity contribution in [1.82, 2.24) is 5.32 Å². The van der Waals surface area contributed by atoms with Gasteiger partial charge in [-0.2, -0.15) is 0 Å². The summed E-state index contributed by atoms with van der Waals surface area (Å²) in [5, 5.41) is 5.45. The Balaban J connectivity index is 2.54. The van der Waals surface area contributed by atoms with E-state index in [0.29, 0.717) is 5.92 Å². The van der Waals surface area contributed by atoms with E-state index in [1.54, 1.807) is 0 Å². The van der Waals surface area contributed by atoms with Crippen LogP contribution in [0.4, 0.5) is 10.5 Å². The first kappa shape index (κ1) is 11.0. The topological polar surface area (TPSA) is 67.2 Å². The second kappa shape index (κ2) is 3.79. The summed E-state index contributed by atoms with van der Waals surface area (Å²) in [6, 6.07) is 3.92. The van der Waals surface area contributed by atoms with E-state index in [9.17, 15) is 4.79 Å². The fourth-order valence-corrected chi connectivity index (χ4v) is 1.96. The Hall–Kier alpha value is -1.55. The van der Waals surface area contributed by atoms with Crippen LogP contribution in [0.5, 0.6) is 0 Å². The monoisotopic (exact) mass is 219 g/mol. The van der Waals surface area contributed by atoms with Gasteiger partial charge in [-0.15, -0.1) is 0 Å². The molecular weight excluding hydrogens is 202 g/mol. The van der Waals surface area contributed by atoms with Gasteiger partial charge in [0, 0.05) is 5.56 Å². The molecule has 0 aromatic heterocycles. The minimum absolute atomic E-state index is 0.236. The number of carbonyl (C=O) groups is 1. The van der Waals surface area contributed by atoms with Gasteiger partial charge < -0.3 is 16.4 Å². The molecule has 0 aliphatic carbocycles.